The van der Waals surface area contributed by atoms with Crippen molar-refractivity contribution in [3.63, 3.8) is 0 Å². The average Bonchev–Trinajstić information content (AvgIpc) is 2.82. The van der Waals surface area contributed by atoms with E-state index in [1.165, 1.54) is 0 Å². The number of para-hydroxylation sites is 1. The van der Waals surface area contributed by atoms with E-state index in [0.717, 1.165) is 17.9 Å². The van der Waals surface area contributed by atoms with Crippen molar-refractivity contribution in [3.8, 4) is 5.75 Å². The van der Waals surface area contributed by atoms with E-state index in [-0.39, 0.29) is 6.04 Å². The van der Waals surface area contributed by atoms with Crippen LogP contribution < -0.4 is 10.5 Å². The standard InChI is InChI=1S/C13H17N3O/c1-11(14)12-5-2-3-6-13(12)17-10-9-16-8-4-7-15-16/h2-8,11H,9-10,14H2,1H3. The second-order valence-electron chi connectivity index (χ2n) is 3.94. The van der Waals surface area contributed by atoms with Gasteiger partial charge < -0.3 is 10.5 Å². The molecule has 1 unspecified atom stereocenters. The lowest BCUT2D eigenvalue weighted by molar-refractivity contribution is 0.287. The van der Waals surface area contributed by atoms with Crippen LogP contribution in [0.5, 0.6) is 5.75 Å². The van der Waals surface area contributed by atoms with Gasteiger partial charge in [0.05, 0.1) is 6.54 Å². The van der Waals surface area contributed by atoms with E-state index in [9.17, 15) is 0 Å². The molecule has 2 aromatic rings. The molecule has 1 atom stereocenters. The average molecular weight is 231 g/mol. The fraction of sp³-hybridized carbons (Fsp3) is 0.308. The topological polar surface area (TPSA) is 53.1 Å². The Bertz CT molecular complexity index is 451. The highest BCUT2D eigenvalue weighted by Gasteiger charge is 2.06. The van der Waals surface area contributed by atoms with E-state index in [2.05, 4.69) is 5.10 Å². The Morgan fingerprint density at radius 3 is 2.88 bits per heavy atom. The van der Waals surface area contributed by atoms with Gasteiger partial charge >= 0.3 is 0 Å². The zero-order valence-corrected chi connectivity index (χ0v) is 9.91. The van der Waals surface area contributed by atoms with Crippen molar-refractivity contribution in [2.24, 2.45) is 5.73 Å². The molecular formula is C13H17N3O. The fourth-order valence-corrected chi connectivity index (χ4v) is 1.67. The van der Waals surface area contributed by atoms with Crippen LogP contribution in [0.2, 0.25) is 0 Å². The number of aromatic nitrogens is 2. The maximum atomic E-state index is 5.88. The Labute approximate surface area is 101 Å². The molecule has 4 nitrogen and oxygen atoms in total. The Hall–Kier alpha value is -1.81. The van der Waals surface area contributed by atoms with Crippen LogP contribution in [-0.2, 0) is 6.54 Å². The summed E-state index contributed by atoms with van der Waals surface area (Å²) in [5.74, 6) is 0.856. The zero-order chi connectivity index (χ0) is 12.1. The van der Waals surface area contributed by atoms with Gasteiger partial charge in [-0.25, -0.2) is 0 Å². The third-order valence-electron chi connectivity index (χ3n) is 2.55. The maximum Gasteiger partial charge on any atom is 0.124 e. The van der Waals surface area contributed by atoms with Crippen LogP contribution in [0.1, 0.15) is 18.5 Å². The number of rotatable bonds is 5. The molecule has 2 rings (SSSR count). The first kappa shape index (κ1) is 11.7. The van der Waals surface area contributed by atoms with Crippen molar-refractivity contribution in [1.29, 1.82) is 0 Å². The van der Waals surface area contributed by atoms with E-state index < -0.39 is 0 Å². The summed E-state index contributed by atoms with van der Waals surface area (Å²) in [7, 11) is 0. The molecule has 2 N–H and O–H groups in total. The minimum atomic E-state index is -0.0177. The summed E-state index contributed by atoms with van der Waals surface area (Å²) in [4.78, 5) is 0. The van der Waals surface area contributed by atoms with Crippen LogP contribution in [0, 0.1) is 0 Å². The van der Waals surface area contributed by atoms with Gasteiger partial charge in [-0.1, -0.05) is 18.2 Å². The first-order valence-electron chi connectivity index (χ1n) is 5.72. The Kier molecular flexibility index (Phi) is 3.77. The summed E-state index contributed by atoms with van der Waals surface area (Å²) >= 11 is 0. The highest BCUT2D eigenvalue weighted by Crippen LogP contribution is 2.22. The molecule has 17 heavy (non-hydrogen) atoms. The van der Waals surface area contributed by atoms with E-state index in [4.69, 9.17) is 10.5 Å². The Balaban J connectivity index is 1.94. The maximum absolute atomic E-state index is 5.88. The molecule has 0 spiro atoms. The number of benzene rings is 1. The smallest absolute Gasteiger partial charge is 0.124 e. The molecule has 0 amide bonds. The number of ether oxygens (including phenoxy) is 1. The highest BCUT2D eigenvalue weighted by molar-refractivity contribution is 5.35. The lowest BCUT2D eigenvalue weighted by atomic mass is 10.1. The molecule has 0 saturated carbocycles. The van der Waals surface area contributed by atoms with Crippen LogP contribution >= 0.6 is 0 Å². The van der Waals surface area contributed by atoms with Crippen LogP contribution in [0.25, 0.3) is 0 Å². The van der Waals surface area contributed by atoms with Crippen LogP contribution in [0.3, 0.4) is 0 Å². The van der Waals surface area contributed by atoms with Crippen LogP contribution in [0.4, 0.5) is 0 Å². The quantitative estimate of drug-likeness (QED) is 0.856. The summed E-state index contributed by atoms with van der Waals surface area (Å²) in [6.45, 7) is 3.28. The van der Waals surface area contributed by atoms with Gasteiger partial charge in [-0.3, -0.25) is 4.68 Å². The lowest BCUT2D eigenvalue weighted by Gasteiger charge is -2.13. The van der Waals surface area contributed by atoms with Crippen molar-refractivity contribution in [2.45, 2.75) is 19.5 Å². The molecular weight excluding hydrogens is 214 g/mol. The van der Waals surface area contributed by atoms with Crippen molar-refractivity contribution in [2.75, 3.05) is 6.61 Å². The van der Waals surface area contributed by atoms with Crippen LogP contribution in [-0.4, -0.2) is 16.4 Å². The van der Waals surface area contributed by atoms with E-state index in [1.807, 2.05) is 48.1 Å². The van der Waals surface area contributed by atoms with Crippen molar-refractivity contribution in [1.82, 2.24) is 9.78 Å². The van der Waals surface area contributed by atoms with E-state index in [0.29, 0.717) is 6.61 Å². The van der Waals surface area contributed by atoms with Gasteiger partial charge in [-0.2, -0.15) is 5.10 Å². The largest absolute Gasteiger partial charge is 0.491 e. The summed E-state index contributed by atoms with van der Waals surface area (Å²) in [5, 5.41) is 4.12. The molecule has 0 aliphatic carbocycles. The fourth-order valence-electron chi connectivity index (χ4n) is 1.67. The molecule has 1 heterocycles. The molecule has 0 aliphatic heterocycles. The molecule has 0 aliphatic rings. The molecule has 90 valence electrons. The molecule has 4 heteroatoms. The highest BCUT2D eigenvalue weighted by atomic mass is 16.5. The van der Waals surface area contributed by atoms with Gasteiger partial charge in [0.15, 0.2) is 0 Å². The van der Waals surface area contributed by atoms with Gasteiger partial charge in [0.25, 0.3) is 0 Å². The minimum absolute atomic E-state index is 0.0177. The number of hydrogen-bond acceptors (Lipinski definition) is 3. The molecule has 0 fully saturated rings. The second-order valence-corrected chi connectivity index (χ2v) is 3.94. The first-order chi connectivity index (χ1) is 8.27. The Morgan fingerprint density at radius 2 is 2.18 bits per heavy atom. The number of nitrogens with two attached hydrogens (primary N) is 1. The van der Waals surface area contributed by atoms with Gasteiger partial charge in [-0.05, 0) is 19.1 Å². The number of hydrogen-bond donors (Lipinski definition) is 1. The van der Waals surface area contributed by atoms with Gasteiger partial charge in [0.1, 0.15) is 12.4 Å². The molecule has 1 aromatic heterocycles. The second kappa shape index (κ2) is 5.50. The molecule has 0 saturated heterocycles. The van der Waals surface area contributed by atoms with Crippen molar-refractivity contribution >= 4 is 0 Å². The summed E-state index contributed by atoms with van der Waals surface area (Å²) in [6.07, 6.45) is 3.68. The minimum Gasteiger partial charge on any atom is -0.491 e. The summed E-state index contributed by atoms with van der Waals surface area (Å²) in [5.41, 5.74) is 6.92. The van der Waals surface area contributed by atoms with Gasteiger partial charge in [0, 0.05) is 24.0 Å². The van der Waals surface area contributed by atoms with Crippen LogP contribution in [0.15, 0.2) is 42.7 Å². The Morgan fingerprint density at radius 1 is 1.35 bits per heavy atom. The van der Waals surface area contributed by atoms with E-state index in [1.54, 1.807) is 6.20 Å². The summed E-state index contributed by atoms with van der Waals surface area (Å²) in [6, 6.07) is 9.75. The predicted octanol–water partition coefficient (Wildman–Crippen LogP) is 1.98. The molecule has 1 aromatic carbocycles. The van der Waals surface area contributed by atoms with Gasteiger partial charge in [0.2, 0.25) is 0 Å². The molecule has 0 radical (unpaired) electrons. The SMILES string of the molecule is CC(N)c1ccccc1OCCn1cccn1. The predicted molar refractivity (Wildman–Crippen MR) is 66.8 cm³/mol. The van der Waals surface area contributed by atoms with E-state index >= 15 is 0 Å². The monoisotopic (exact) mass is 231 g/mol. The van der Waals surface area contributed by atoms with Crippen molar-refractivity contribution in [3.05, 3.63) is 48.3 Å². The van der Waals surface area contributed by atoms with Crippen molar-refractivity contribution < 1.29 is 4.74 Å². The molecule has 0 bridgehead atoms. The first-order valence-corrected chi connectivity index (χ1v) is 5.72. The zero-order valence-electron chi connectivity index (χ0n) is 9.91. The van der Waals surface area contributed by atoms with Gasteiger partial charge in [-0.15, -0.1) is 0 Å². The summed E-state index contributed by atoms with van der Waals surface area (Å²) < 4.78 is 7.57. The third kappa shape index (κ3) is 3.07. The lowest BCUT2D eigenvalue weighted by Crippen LogP contribution is -2.12. The number of nitrogens with zero attached hydrogens (tertiary/aromatic N) is 2. The normalized spacial score (nSPS) is 12.4. The third-order valence-corrected chi connectivity index (χ3v) is 2.55.